The first-order valence-electron chi connectivity index (χ1n) is 2.97. The molecule has 0 unspecified atom stereocenters. The maximum absolute atomic E-state index is 10.8. The SMILES string of the molecule is CS(=O)(=O)c1ccc([O])cc1. The van der Waals surface area contributed by atoms with Crippen molar-refractivity contribution in [3.8, 4) is 5.75 Å². The Morgan fingerprint density at radius 2 is 1.55 bits per heavy atom. The summed E-state index contributed by atoms with van der Waals surface area (Å²) in [5.41, 5.74) is 0. The Balaban J connectivity index is 3.20. The second-order valence-corrected chi connectivity index (χ2v) is 4.26. The third kappa shape index (κ3) is 1.94. The van der Waals surface area contributed by atoms with Crippen molar-refractivity contribution in [3.63, 3.8) is 0 Å². The minimum Gasteiger partial charge on any atom is -0.290 e. The van der Waals surface area contributed by atoms with Gasteiger partial charge in [-0.3, -0.25) is 5.11 Å². The molecule has 11 heavy (non-hydrogen) atoms. The zero-order valence-electron chi connectivity index (χ0n) is 5.94. The van der Waals surface area contributed by atoms with Crippen LogP contribution in [0.5, 0.6) is 5.75 Å². The van der Waals surface area contributed by atoms with E-state index in [1.165, 1.54) is 24.3 Å². The van der Waals surface area contributed by atoms with E-state index in [-0.39, 0.29) is 10.6 Å². The van der Waals surface area contributed by atoms with E-state index in [9.17, 15) is 13.5 Å². The van der Waals surface area contributed by atoms with Crippen LogP contribution in [-0.4, -0.2) is 14.7 Å². The number of benzene rings is 1. The maximum atomic E-state index is 10.8. The van der Waals surface area contributed by atoms with Gasteiger partial charge in [-0.1, -0.05) is 0 Å². The number of rotatable bonds is 1. The summed E-state index contributed by atoms with van der Waals surface area (Å²) in [4.78, 5) is 0.178. The van der Waals surface area contributed by atoms with Crippen LogP contribution in [0.25, 0.3) is 0 Å². The Morgan fingerprint density at radius 1 is 1.09 bits per heavy atom. The molecule has 1 aromatic carbocycles. The van der Waals surface area contributed by atoms with Crippen LogP contribution in [0.15, 0.2) is 29.2 Å². The molecule has 1 rings (SSSR count). The predicted octanol–water partition coefficient (Wildman–Crippen LogP) is 1.23. The fourth-order valence-electron chi connectivity index (χ4n) is 0.687. The lowest BCUT2D eigenvalue weighted by molar-refractivity contribution is 0.354. The lowest BCUT2D eigenvalue weighted by Crippen LogP contribution is -1.95. The summed E-state index contributed by atoms with van der Waals surface area (Å²) in [7, 11) is -3.16. The molecule has 0 saturated carbocycles. The van der Waals surface area contributed by atoms with Crippen molar-refractivity contribution < 1.29 is 13.5 Å². The molecule has 0 aromatic heterocycles. The van der Waals surface area contributed by atoms with Crippen LogP contribution in [0.2, 0.25) is 0 Å². The highest BCUT2D eigenvalue weighted by molar-refractivity contribution is 7.90. The molecule has 0 spiro atoms. The molecule has 1 radical (unpaired) electrons. The third-order valence-electron chi connectivity index (χ3n) is 1.25. The lowest BCUT2D eigenvalue weighted by atomic mass is 10.3. The average molecular weight is 171 g/mol. The van der Waals surface area contributed by atoms with Crippen LogP contribution in [0.3, 0.4) is 0 Å². The fraction of sp³-hybridized carbons (Fsp3) is 0.143. The Hall–Kier alpha value is -1.03. The topological polar surface area (TPSA) is 54.0 Å². The minimum atomic E-state index is -3.16. The van der Waals surface area contributed by atoms with Crippen LogP contribution in [0.1, 0.15) is 0 Å². The molecule has 0 fully saturated rings. The van der Waals surface area contributed by atoms with E-state index < -0.39 is 9.84 Å². The van der Waals surface area contributed by atoms with E-state index in [1.807, 2.05) is 0 Å². The van der Waals surface area contributed by atoms with Crippen molar-refractivity contribution in [2.24, 2.45) is 0 Å². The highest BCUT2D eigenvalue weighted by atomic mass is 32.2. The number of hydrogen-bond donors (Lipinski definition) is 0. The smallest absolute Gasteiger partial charge is 0.178 e. The number of sulfone groups is 1. The molecule has 4 heteroatoms. The van der Waals surface area contributed by atoms with E-state index in [0.29, 0.717) is 0 Å². The summed E-state index contributed by atoms with van der Waals surface area (Å²) in [5, 5.41) is 10.6. The van der Waals surface area contributed by atoms with Crippen molar-refractivity contribution in [2.75, 3.05) is 6.26 Å². The Kier molecular flexibility index (Phi) is 1.87. The summed E-state index contributed by atoms with van der Waals surface area (Å²) in [6.45, 7) is 0. The first-order valence-corrected chi connectivity index (χ1v) is 4.86. The second-order valence-electron chi connectivity index (χ2n) is 2.24. The van der Waals surface area contributed by atoms with Crippen LogP contribution >= 0.6 is 0 Å². The normalized spacial score (nSPS) is 11.4. The van der Waals surface area contributed by atoms with E-state index in [0.717, 1.165) is 6.26 Å². The van der Waals surface area contributed by atoms with E-state index in [2.05, 4.69) is 0 Å². The first-order chi connectivity index (χ1) is 5.00. The molecular weight excluding hydrogens is 164 g/mol. The van der Waals surface area contributed by atoms with Crippen molar-refractivity contribution >= 4 is 9.84 Å². The lowest BCUT2D eigenvalue weighted by Gasteiger charge is -1.94. The van der Waals surface area contributed by atoms with Gasteiger partial charge >= 0.3 is 0 Å². The van der Waals surface area contributed by atoms with Crippen molar-refractivity contribution in [3.05, 3.63) is 24.3 Å². The molecule has 3 nitrogen and oxygen atoms in total. The molecule has 1 aromatic rings. The minimum absolute atomic E-state index is 0.178. The molecular formula is C7H7O3S. The molecule has 0 aliphatic heterocycles. The number of hydrogen-bond acceptors (Lipinski definition) is 2. The zero-order valence-corrected chi connectivity index (χ0v) is 6.76. The van der Waals surface area contributed by atoms with E-state index in [1.54, 1.807) is 0 Å². The van der Waals surface area contributed by atoms with Crippen LogP contribution in [0.4, 0.5) is 0 Å². The molecule has 0 amide bonds. The van der Waals surface area contributed by atoms with Gasteiger partial charge in [0.2, 0.25) is 0 Å². The summed E-state index contributed by atoms with van der Waals surface area (Å²) in [6.07, 6.45) is 1.10. The van der Waals surface area contributed by atoms with Gasteiger partial charge in [-0.2, -0.15) is 0 Å². The summed E-state index contributed by atoms with van der Waals surface area (Å²) in [6, 6.07) is 5.07. The van der Waals surface area contributed by atoms with Crippen molar-refractivity contribution in [2.45, 2.75) is 4.90 Å². The molecule has 0 aliphatic rings. The van der Waals surface area contributed by atoms with Gasteiger partial charge < -0.3 is 0 Å². The van der Waals surface area contributed by atoms with Gasteiger partial charge in [0.25, 0.3) is 0 Å². The summed E-state index contributed by atoms with van der Waals surface area (Å²) in [5.74, 6) is -0.183. The molecule has 59 valence electrons. The summed E-state index contributed by atoms with van der Waals surface area (Å²) < 4.78 is 21.7. The van der Waals surface area contributed by atoms with Gasteiger partial charge in [0, 0.05) is 6.26 Å². The quantitative estimate of drug-likeness (QED) is 0.638. The third-order valence-corrected chi connectivity index (χ3v) is 2.38. The van der Waals surface area contributed by atoms with Gasteiger partial charge in [0.05, 0.1) is 4.90 Å². The molecule has 0 bridgehead atoms. The average Bonchev–Trinajstić information content (AvgIpc) is 1.86. The molecule has 0 atom stereocenters. The van der Waals surface area contributed by atoms with Gasteiger partial charge in [-0.05, 0) is 24.3 Å². The van der Waals surface area contributed by atoms with Gasteiger partial charge in [-0.25, -0.2) is 8.42 Å². The molecule has 0 aliphatic carbocycles. The van der Waals surface area contributed by atoms with E-state index >= 15 is 0 Å². The first kappa shape index (κ1) is 8.07. The highest BCUT2D eigenvalue weighted by Crippen LogP contribution is 2.14. The van der Waals surface area contributed by atoms with Crippen molar-refractivity contribution in [1.82, 2.24) is 0 Å². The highest BCUT2D eigenvalue weighted by Gasteiger charge is 2.05. The van der Waals surface area contributed by atoms with Crippen molar-refractivity contribution in [1.29, 1.82) is 0 Å². The molecule has 0 heterocycles. The predicted molar refractivity (Wildman–Crippen MR) is 39.7 cm³/mol. The molecule has 0 saturated heterocycles. The molecule has 0 N–H and O–H groups in total. The standard InChI is InChI=1S/C7H7O3S/c1-11(9,10)7-4-2-6(8)3-5-7/h2-5H,1H3. The largest absolute Gasteiger partial charge is 0.290 e. The fourth-order valence-corrected chi connectivity index (χ4v) is 1.32. The maximum Gasteiger partial charge on any atom is 0.178 e. The Morgan fingerprint density at radius 3 is 1.91 bits per heavy atom. The monoisotopic (exact) mass is 171 g/mol. The Labute approximate surface area is 65.2 Å². The van der Waals surface area contributed by atoms with E-state index in [4.69, 9.17) is 0 Å². The summed E-state index contributed by atoms with van der Waals surface area (Å²) >= 11 is 0. The van der Waals surface area contributed by atoms with Crippen LogP contribution < -0.4 is 0 Å². The Bertz CT molecular complexity index is 336. The van der Waals surface area contributed by atoms with Gasteiger partial charge in [-0.15, -0.1) is 0 Å². The van der Waals surface area contributed by atoms with Gasteiger partial charge in [0.1, 0.15) is 0 Å². The van der Waals surface area contributed by atoms with Gasteiger partial charge in [0.15, 0.2) is 15.6 Å². The zero-order chi connectivity index (χ0) is 8.48. The van der Waals surface area contributed by atoms with Crippen LogP contribution in [-0.2, 0) is 14.9 Å². The van der Waals surface area contributed by atoms with Crippen LogP contribution in [0, 0.1) is 0 Å². The second kappa shape index (κ2) is 2.54.